The Morgan fingerprint density at radius 3 is 2.68 bits per heavy atom. The van der Waals surface area contributed by atoms with E-state index in [1.807, 2.05) is 0 Å². The molecular weight excluding hydrogens is 531 g/mol. The highest BCUT2D eigenvalue weighted by molar-refractivity contribution is 5.96. The van der Waals surface area contributed by atoms with E-state index in [1.165, 1.54) is 24.2 Å². The van der Waals surface area contributed by atoms with Crippen molar-refractivity contribution in [3.05, 3.63) is 83.2 Å². The lowest BCUT2D eigenvalue weighted by Crippen LogP contribution is -2.55. The number of amides is 2. The predicted octanol–water partition coefficient (Wildman–Crippen LogP) is 2.72. The molecule has 2 amide bonds. The zero-order valence-corrected chi connectivity index (χ0v) is 23.1. The van der Waals surface area contributed by atoms with E-state index in [0.717, 1.165) is 12.8 Å². The number of nitrogens with one attached hydrogen (secondary N) is 1. The molecule has 220 valence electrons. The number of ether oxygens (including phenoxy) is 2. The average molecular weight is 569 g/mol. The monoisotopic (exact) mass is 568 g/mol. The van der Waals surface area contributed by atoms with Crippen LogP contribution in [0, 0.1) is 5.82 Å². The maximum atomic E-state index is 14.7. The topological polar surface area (TPSA) is 129 Å². The Balaban J connectivity index is 1.78. The lowest BCUT2D eigenvalue weighted by atomic mass is 9.77. The highest BCUT2D eigenvalue weighted by atomic mass is 19.1. The van der Waals surface area contributed by atoms with E-state index < -0.39 is 35.9 Å². The fourth-order valence-corrected chi connectivity index (χ4v) is 5.50. The van der Waals surface area contributed by atoms with Crippen LogP contribution < -0.4 is 14.8 Å². The molecule has 2 aliphatic rings. The van der Waals surface area contributed by atoms with Crippen LogP contribution in [0.25, 0.3) is 0 Å². The molecule has 4 rings (SSSR count). The number of hydrogen-bond donors (Lipinski definition) is 4. The lowest BCUT2D eigenvalue weighted by Gasteiger charge is -2.41. The number of unbranched alkanes of at least 4 members (excludes halogenated alkanes) is 2. The lowest BCUT2D eigenvalue weighted by molar-refractivity contribution is -0.138. The number of halogens is 1. The summed E-state index contributed by atoms with van der Waals surface area (Å²) in [6.45, 7) is 3.02. The highest BCUT2D eigenvalue weighted by Gasteiger charge is 2.51. The van der Waals surface area contributed by atoms with Gasteiger partial charge in [0.15, 0.2) is 11.5 Å². The van der Waals surface area contributed by atoms with E-state index in [2.05, 4.69) is 11.9 Å². The van der Waals surface area contributed by atoms with E-state index in [-0.39, 0.29) is 49.8 Å². The number of allylic oxidation sites excluding steroid dienone is 1. The quantitative estimate of drug-likeness (QED) is 0.216. The van der Waals surface area contributed by atoms with Crippen LogP contribution in [0.15, 0.2) is 60.7 Å². The van der Waals surface area contributed by atoms with Crippen molar-refractivity contribution in [3.8, 4) is 11.5 Å². The van der Waals surface area contributed by atoms with Crippen LogP contribution in [0.1, 0.15) is 48.3 Å². The van der Waals surface area contributed by atoms with Gasteiger partial charge in [-0.2, -0.15) is 0 Å². The molecule has 2 aromatic carbocycles. The van der Waals surface area contributed by atoms with Crippen molar-refractivity contribution in [2.75, 3.05) is 20.3 Å². The van der Waals surface area contributed by atoms with E-state index in [0.29, 0.717) is 29.0 Å². The van der Waals surface area contributed by atoms with E-state index >= 15 is 0 Å². The van der Waals surface area contributed by atoms with Crippen LogP contribution in [0.2, 0.25) is 0 Å². The van der Waals surface area contributed by atoms with Crippen molar-refractivity contribution in [3.63, 3.8) is 0 Å². The van der Waals surface area contributed by atoms with Gasteiger partial charge in [0, 0.05) is 36.2 Å². The summed E-state index contributed by atoms with van der Waals surface area (Å²) < 4.78 is 26.5. The van der Waals surface area contributed by atoms with Crippen LogP contribution in [0.4, 0.5) is 4.39 Å². The van der Waals surface area contributed by atoms with Crippen LogP contribution in [-0.2, 0) is 22.7 Å². The van der Waals surface area contributed by atoms with Gasteiger partial charge in [0.1, 0.15) is 18.0 Å². The molecule has 1 aliphatic heterocycles. The summed E-state index contributed by atoms with van der Waals surface area (Å²) in [7, 11) is 1.45. The molecule has 0 radical (unpaired) electrons. The molecule has 1 aliphatic carbocycles. The molecule has 0 spiro atoms. The molecule has 2 aromatic rings. The first-order valence-corrected chi connectivity index (χ1v) is 13.8. The number of hydrogen-bond acceptors (Lipinski definition) is 7. The molecule has 0 bridgehead atoms. The van der Waals surface area contributed by atoms with Crippen LogP contribution >= 0.6 is 0 Å². The first-order chi connectivity index (χ1) is 19.8. The molecule has 4 unspecified atom stereocenters. The second-order valence-corrected chi connectivity index (χ2v) is 10.2. The van der Waals surface area contributed by atoms with Gasteiger partial charge in [-0.25, -0.2) is 4.39 Å². The minimum absolute atomic E-state index is 0.00430. The van der Waals surface area contributed by atoms with Crippen LogP contribution in [-0.4, -0.2) is 70.5 Å². The molecular formula is C31H37FN2O7. The number of aliphatic hydroxyl groups is 3. The summed E-state index contributed by atoms with van der Waals surface area (Å²) >= 11 is 0. The van der Waals surface area contributed by atoms with E-state index in [1.54, 1.807) is 36.4 Å². The van der Waals surface area contributed by atoms with Gasteiger partial charge in [-0.05, 0) is 49.1 Å². The van der Waals surface area contributed by atoms with Crippen molar-refractivity contribution in [2.45, 2.75) is 63.0 Å². The zero-order valence-electron chi connectivity index (χ0n) is 23.1. The molecule has 1 heterocycles. The molecule has 0 saturated heterocycles. The van der Waals surface area contributed by atoms with E-state index in [9.17, 15) is 29.3 Å². The van der Waals surface area contributed by atoms with Crippen molar-refractivity contribution in [1.29, 1.82) is 0 Å². The number of benzene rings is 2. The van der Waals surface area contributed by atoms with Crippen molar-refractivity contribution < 1.29 is 38.8 Å². The fourth-order valence-electron chi connectivity index (χ4n) is 5.50. The SMILES string of the molecule is C=CCCCCC(=O)N(Cc1ccccc1F)C1C=C(C(=O)NCCO)C2c3cc(CO)cc(OC)c3OC2C1O. The van der Waals surface area contributed by atoms with Gasteiger partial charge in [0.25, 0.3) is 0 Å². The maximum Gasteiger partial charge on any atom is 0.247 e. The number of rotatable bonds is 13. The van der Waals surface area contributed by atoms with Gasteiger partial charge in [-0.3, -0.25) is 9.59 Å². The fraction of sp³-hybridized carbons (Fsp3) is 0.419. The normalized spacial score (nSPS) is 20.8. The van der Waals surface area contributed by atoms with Gasteiger partial charge >= 0.3 is 0 Å². The Bertz CT molecular complexity index is 1300. The molecule has 9 nitrogen and oxygen atoms in total. The standard InChI is InChI=1S/C31H37FN2O7/c1-3-4-5-6-11-26(37)34(17-20-9-7-8-10-23(20)32)24-16-22(31(39)33-12-13-35)27-21-14-19(18-36)15-25(40-2)29(21)41-30(27)28(24)38/h3,7-10,14-16,24,27-28,30,35-36,38H,1,4-6,11-13,17-18H2,2H3,(H,33,39). The first-order valence-electron chi connectivity index (χ1n) is 13.8. The summed E-state index contributed by atoms with van der Waals surface area (Å²) in [4.78, 5) is 28.5. The minimum Gasteiger partial charge on any atom is -0.493 e. The van der Waals surface area contributed by atoms with Crippen LogP contribution in [0.3, 0.4) is 0 Å². The number of fused-ring (bicyclic) bond motifs is 3. The van der Waals surface area contributed by atoms with Gasteiger partial charge in [0.05, 0.1) is 32.3 Å². The highest BCUT2D eigenvalue weighted by Crippen LogP contribution is 2.51. The third-order valence-electron chi connectivity index (χ3n) is 7.52. The summed E-state index contributed by atoms with van der Waals surface area (Å²) in [6, 6.07) is 8.41. The molecule has 0 aromatic heterocycles. The summed E-state index contributed by atoms with van der Waals surface area (Å²) in [5.41, 5.74) is 1.59. The Kier molecular flexibility index (Phi) is 10.1. The first kappa shape index (κ1) is 30.2. The molecule has 10 heteroatoms. The zero-order chi connectivity index (χ0) is 29.5. The van der Waals surface area contributed by atoms with Gasteiger partial charge < -0.3 is 35.0 Å². The molecule has 4 atom stereocenters. The largest absolute Gasteiger partial charge is 0.493 e. The van der Waals surface area contributed by atoms with Crippen molar-refractivity contribution in [2.24, 2.45) is 0 Å². The number of aliphatic hydroxyl groups excluding tert-OH is 3. The molecule has 0 fully saturated rings. The van der Waals surface area contributed by atoms with Gasteiger partial charge in [-0.15, -0.1) is 6.58 Å². The number of methoxy groups -OCH3 is 1. The molecule has 0 saturated carbocycles. The predicted molar refractivity (Wildman–Crippen MR) is 150 cm³/mol. The second kappa shape index (κ2) is 13.8. The number of carbonyl (C=O) groups excluding carboxylic acids is 2. The molecule has 41 heavy (non-hydrogen) atoms. The van der Waals surface area contributed by atoms with E-state index in [4.69, 9.17) is 9.47 Å². The molecule has 4 N–H and O–H groups in total. The smallest absolute Gasteiger partial charge is 0.247 e. The summed E-state index contributed by atoms with van der Waals surface area (Å²) in [5, 5.41) is 33.5. The minimum atomic E-state index is -1.28. The van der Waals surface area contributed by atoms with Gasteiger partial charge in [-0.1, -0.05) is 24.3 Å². The maximum absolute atomic E-state index is 14.7. The van der Waals surface area contributed by atoms with Crippen molar-refractivity contribution in [1.82, 2.24) is 10.2 Å². The third-order valence-corrected chi connectivity index (χ3v) is 7.52. The average Bonchev–Trinajstić information content (AvgIpc) is 3.37. The Labute approximate surface area is 238 Å². The Morgan fingerprint density at radius 2 is 2.00 bits per heavy atom. The van der Waals surface area contributed by atoms with Crippen LogP contribution in [0.5, 0.6) is 11.5 Å². The number of carbonyl (C=O) groups is 2. The van der Waals surface area contributed by atoms with Crippen molar-refractivity contribution >= 4 is 11.8 Å². The second-order valence-electron chi connectivity index (χ2n) is 10.2. The third kappa shape index (κ3) is 6.45. The number of nitrogens with zero attached hydrogens (tertiary/aromatic N) is 1. The summed E-state index contributed by atoms with van der Waals surface area (Å²) in [5.74, 6) is -1.37. The Morgan fingerprint density at radius 1 is 1.22 bits per heavy atom. The summed E-state index contributed by atoms with van der Waals surface area (Å²) in [6.07, 6.45) is 3.28. The Hall–Kier alpha value is -3.73. The van der Waals surface area contributed by atoms with Gasteiger partial charge in [0.2, 0.25) is 11.8 Å².